The van der Waals surface area contributed by atoms with Gasteiger partial charge < -0.3 is 0 Å². The highest BCUT2D eigenvalue weighted by Crippen LogP contribution is 2.40. The van der Waals surface area contributed by atoms with Gasteiger partial charge in [0.05, 0.1) is 10.1 Å². The third-order valence-corrected chi connectivity index (χ3v) is 4.60. The van der Waals surface area contributed by atoms with Crippen LogP contribution in [0.15, 0.2) is 56.7 Å². The second kappa shape index (κ2) is 6.16. The summed E-state index contributed by atoms with van der Waals surface area (Å²) in [5, 5.41) is 0.164. The minimum atomic E-state index is -0.380. The van der Waals surface area contributed by atoms with Crippen LogP contribution in [0.3, 0.4) is 0 Å². The smallest absolute Gasteiger partial charge is 0.215 e. The van der Waals surface area contributed by atoms with Crippen molar-refractivity contribution in [3.05, 3.63) is 56.7 Å². The number of carbonyl (C=O) groups excluding carboxylic acids is 2. The summed E-state index contributed by atoms with van der Waals surface area (Å²) in [6, 6.07) is 0. The molecule has 2 aliphatic rings. The van der Waals surface area contributed by atoms with Crippen LogP contribution in [0.25, 0.3) is 0 Å². The minimum absolute atomic E-state index is 0.0661. The molecule has 0 radical (unpaired) electrons. The number of rotatable bonds is 0. The highest BCUT2D eigenvalue weighted by Gasteiger charge is 2.34. The lowest BCUT2D eigenvalue weighted by atomic mass is 9.71. The van der Waals surface area contributed by atoms with Gasteiger partial charge in [-0.2, -0.15) is 0 Å². The first-order valence-electron chi connectivity index (χ1n) is 7.85. The van der Waals surface area contributed by atoms with Gasteiger partial charge in [-0.25, -0.2) is 0 Å². The van der Waals surface area contributed by atoms with Crippen LogP contribution < -0.4 is 0 Å². The number of halogens is 2. The molecule has 4 heteroatoms. The lowest BCUT2D eigenvalue weighted by molar-refractivity contribution is -0.114. The van der Waals surface area contributed by atoms with Gasteiger partial charge in [0.25, 0.3) is 0 Å². The van der Waals surface area contributed by atoms with Crippen LogP contribution >= 0.6 is 23.2 Å². The third kappa shape index (κ3) is 3.65. The lowest BCUT2D eigenvalue weighted by Gasteiger charge is -2.31. The molecule has 0 amide bonds. The Kier molecular flexibility index (Phi) is 4.87. The van der Waals surface area contributed by atoms with Gasteiger partial charge in [-0.05, 0) is 46.3 Å². The van der Waals surface area contributed by atoms with E-state index in [9.17, 15) is 9.59 Å². The van der Waals surface area contributed by atoms with Crippen molar-refractivity contribution in [2.24, 2.45) is 10.8 Å². The topological polar surface area (TPSA) is 34.1 Å². The summed E-state index contributed by atoms with van der Waals surface area (Å²) < 4.78 is 0. The maximum absolute atomic E-state index is 12.9. The Morgan fingerprint density at radius 3 is 1.29 bits per heavy atom. The van der Waals surface area contributed by atoms with E-state index in [0.717, 1.165) is 22.3 Å². The Morgan fingerprint density at radius 2 is 0.958 bits per heavy atom. The van der Waals surface area contributed by atoms with Crippen molar-refractivity contribution < 1.29 is 9.59 Å². The Morgan fingerprint density at radius 1 is 0.625 bits per heavy atom. The zero-order valence-electron chi connectivity index (χ0n) is 14.9. The van der Waals surface area contributed by atoms with Gasteiger partial charge in [-0.15, -0.1) is 0 Å². The van der Waals surface area contributed by atoms with Crippen LogP contribution in [0, 0.1) is 10.8 Å². The van der Waals surface area contributed by atoms with Gasteiger partial charge in [0.15, 0.2) is 5.78 Å². The minimum Gasteiger partial charge on any atom is -0.289 e. The summed E-state index contributed by atoms with van der Waals surface area (Å²) in [6.45, 7) is 12.1. The first-order valence-corrected chi connectivity index (χ1v) is 8.60. The van der Waals surface area contributed by atoms with Crippen molar-refractivity contribution in [2.75, 3.05) is 0 Å². The van der Waals surface area contributed by atoms with Crippen LogP contribution in [0.2, 0.25) is 0 Å². The lowest BCUT2D eigenvalue weighted by Crippen LogP contribution is -2.28. The number of carbonyl (C=O) groups is 2. The Labute approximate surface area is 153 Å². The number of hydrogen-bond acceptors (Lipinski definition) is 2. The van der Waals surface area contributed by atoms with Crippen molar-refractivity contribution in [1.82, 2.24) is 0 Å². The number of ketones is 2. The second-order valence-electron chi connectivity index (χ2n) is 8.17. The van der Waals surface area contributed by atoms with Gasteiger partial charge in [0, 0.05) is 11.1 Å². The molecule has 0 saturated carbocycles. The first-order chi connectivity index (χ1) is 10.8. The predicted octanol–water partition coefficient (Wildman–Crippen LogP) is 5.64. The van der Waals surface area contributed by atoms with Crippen LogP contribution in [-0.4, -0.2) is 11.6 Å². The molecule has 128 valence electrons. The highest BCUT2D eigenvalue weighted by molar-refractivity contribution is 6.55. The Bertz CT molecular complexity index is 713. The maximum Gasteiger partial charge on any atom is 0.215 e. The Hall–Kier alpha value is -1.38. The maximum atomic E-state index is 12.9. The quantitative estimate of drug-likeness (QED) is 0.557. The molecule has 0 atom stereocenters. The molecule has 2 nitrogen and oxygen atoms in total. The number of Topliss-reactive ketones (excluding diaryl/α,β-unsaturated/α-hetero) is 2. The van der Waals surface area contributed by atoms with E-state index in [1.165, 1.54) is 0 Å². The molecule has 0 aromatic carbocycles. The van der Waals surface area contributed by atoms with Crippen LogP contribution in [0.1, 0.15) is 41.5 Å². The van der Waals surface area contributed by atoms with Gasteiger partial charge in [0.1, 0.15) is 0 Å². The third-order valence-electron chi connectivity index (χ3n) is 4.04. The number of allylic oxidation sites excluding steroid dienone is 10. The normalized spacial score (nSPS) is 19.8. The fourth-order valence-corrected chi connectivity index (χ4v) is 3.12. The molecule has 0 fully saturated rings. The molecule has 0 aliphatic heterocycles. The van der Waals surface area contributed by atoms with Gasteiger partial charge in [-0.1, -0.05) is 64.7 Å². The van der Waals surface area contributed by atoms with Crippen molar-refractivity contribution >= 4 is 34.8 Å². The number of hydrogen-bond donors (Lipinski definition) is 0. The molecule has 2 aliphatic carbocycles. The highest BCUT2D eigenvalue weighted by atomic mass is 35.5. The van der Waals surface area contributed by atoms with E-state index in [1.807, 2.05) is 53.7 Å². The van der Waals surface area contributed by atoms with E-state index in [-0.39, 0.29) is 32.5 Å². The van der Waals surface area contributed by atoms with E-state index in [1.54, 1.807) is 12.2 Å². The largest absolute Gasteiger partial charge is 0.289 e. The van der Waals surface area contributed by atoms with Gasteiger partial charge in [-0.3, -0.25) is 9.59 Å². The molecule has 0 aromatic rings. The van der Waals surface area contributed by atoms with Crippen molar-refractivity contribution in [3.8, 4) is 0 Å². The summed E-state index contributed by atoms with van der Waals surface area (Å²) in [5.74, 6) is -0.314. The van der Waals surface area contributed by atoms with E-state index >= 15 is 0 Å². The molecule has 0 N–H and O–H groups in total. The van der Waals surface area contributed by atoms with Crippen molar-refractivity contribution in [1.29, 1.82) is 0 Å². The molecule has 0 unspecified atom stereocenters. The molecule has 0 saturated heterocycles. The van der Waals surface area contributed by atoms with Crippen LogP contribution in [0.5, 0.6) is 0 Å². The fourth-order valence-electron chi connectivity index (χ4n) is 2.64. The molecule has 0 aromatic heterocycles. The van der Waals surface area contributed by atoms with Gasteiger partial charge >= 0.3 is 0 Å². The van der Waals surface area contributed by atoms with E-state index in [2.05, 4.69) is 0 Å². The first kappa shape index (κ1) is 19.0. The average molecular weight is 365 g/mol. The van der Waals surface area contributed by atoms with Crippen molar-refractivity contribution in [2.45, 2.75) is 41.5 Å². The Balaban J connectivity index is 2.74. The molecule has 0 spiro atoms. The molecule has 24 heavy (non-hydrogen) atoms. The van der Waals surface area contributed by atoms with Crippen molar-refractivity contribution in [3.63, 3.8) is 0 Å². The van der Waals surface area contributed by atoms with E-state index in [0.29, 0.717) is 0 Å². The zero-order valence-corrected chi connectivity index (χ0v) is 16.4. The molecule has 0 bridgehead atoms. The zero-order chi connectivity index (χ0) is 18.4. The summed E-state index contributed by atoms with van der Waals surface area (Å²) in [4.78, 5) is 24.7. The molecular formula is C20H22Cl2O2. The fraction of sp³-hybridized carbons (Fsp3) is 0.400. The summed E-state index contributed by atoms with van der Waals surface area (Å²) in [7, 11) is 0. The second-order valence-corrected chi connectivity index (χ2v) is 8.98. The SMILES string of the molecule is CC(C)(C)C1=CC(=C2C=C(Cl)C(=O)C(Cl)=C2)C=C(C(C)(C)C)C1=O. The monoisotopic (exact) mass is 364 g/mol. The summed E-state index contributed by atoms with van der Waals surface area (Å²) in [5.41, 5.74) is 2.47. The van der Waals surface area contributed by atoms with Crippen LogP contribution in [0.4, 0.5) is 0 Å². The van der Waals surface area contributed by atoms with Crippen LogP contribution in [-0.2, 0) is 9.59 Å². The predicted molar refractivity (Wildman–Crippen MR) is 100.0 cm³/mol. The summed E-state index contributed by atoms with van der Waals surface area (Å²) >= 11 is 12.0. The molecule has 2 rings (SSSR count). The summed E-state index contributed by atoms with van der Waals surface area (Å²) in [6.07, 6.45) is 6.97. The standard InChI is InChI=1S/C20H22Cl2O2/c1-19(2,3)13-7-11(8-14(17(13)23)20(4,5)6)12-9-15(21)18(24)16(22)10-12/h7-10H,1-6H3. The van der Waals surface area contributed by atoms with E-state index in [4.69, 9.17) is 23.2 Å². The van der Waals surface area contributed by atoms with E-state index < -0.39 is 0 Å². The average Bonchev–Trinajstić information content (AvgIpc) is 2.41. The molecular weight excluding hydrogens is 343 g/mol. The molecule has 0 heterocycles. The van der Waals surface area contributed by atoms with Gasteiger partial charge in [0.2, 0.25) is 5.78 Å².